The van der Waals surface area contributed by atoms with E-state index in [1.54, 1.807) is 19.3 Å². The first kappa shape index (κ1) is 18.7. The minimum Gasteiger partial charge on any atom is -0.496 e. The summed E-state index contributed by atoms with van der Waals surface area (Å²) in [5, 5.41) is 3.79. The minimum absolute atomic E-state index is 0.179. The Balaban J connectivity index is 1.66. The Morgan fingerprint density at radius 3 is 2.78 bits per heavy atom. The molecule has 0 atom stereocenters. The van der Waals surface area contributed by atoms with Crippen LogP contribution in [0.2, 0.25) is 0 Å². The number of rotatable bonds is 6. The van der Waals surface area contributed by atoms with E-state index < -0.39 is 0 Å². The second-order valence-corrected chi connectivity index (χ2v) is 6.46. The SMILES string of the molecule is COc1ccccc1/C=C/C(=O)NCCc1c(C)[nH]c2c(F)ccc(C)c12. The van der Waals surface area contributed by atoms with Crippen molar-refractivity contribution in [1.29, 1.82) is 0 Å². The third-order valence-corrected chi connectivity index (χ3v) is 4.66. The maximum atomic E-state index is 14.0. The largest absolute Gasteiger partial charge is 0.496 e. The van der Waals surface area contributed by atoms with Crippen LogP contribution in [0.4, 0.5) is 4.39 Å². The molecular weight excluding hydrogens is 343 g/mol. The van der Waals surface area contributed by atoms with Crippen LogP contribution < -0.4 is 10.1 Å². The van der Waals surface area contributed by atoms with Crippen molar-refractivity contribution >= 4 is 22.9 Å². The van der Waals surface area contributed by atoms with Gasteiger partial charge in [-0.05, 0) is 49.6 Å². The van der Waals surface area contributed by atoms with Crippen molar-refractivity contribution in [3.8, 4) is 5.75 Å². The molecule has 1 aromatic heterocycles. The van der Waals surface area contributed by atoms with Crippen molar-refractivity contribution in [2.45, 2.75) is 20.3 Å². The van der Waals surface area contributed by atoms with E-state index in [0.29, 0.717) is 24.2 Å². The van der Waals surface area contributed by atoms with E-state index in [4.69, 9.17) is 4.74 Å². The van der Waals surface area contributed by atoms with Crippen molar-refractivity contribution in [3.63, 3.8) is 0 Å². The molecule has 5 heteroatoms. The first-order valence-corrected chi connectivity index (χ1v) is 8.86. The van der Waals surface area contributed by atoms with Crippen LogP contribution in [0.3, 0.4) is 0 Å². The molecule has 0 bridgehead atoms. The van der Waals surface area contributed by atoms with Gasteiger partial charge < -0.3 is 15.0 Å². The Morgan fingerprint density at radius 1 is 1.22 bits per heavy atom. The lowest BCUT2D eigenvalue weighted by Gasteiger charge is -2.06. The predicted molar refractivity (Wildman–Crippen MR) is 106 cm³/mol. The molecule has 2 N–H and O–H groups in total. The Morgan fingerprint density at radius 2 is 2.00 bits per heavy atom. The molecule has 0 unspecified atom stereocenters. The lowest BCUT2D eigenvalue weighted by atomic mass is 10.0. The number of H-pyrrole nitrogens is 1. The van der Waals surface area contributed by atoms with E-state index in [9.17, 15) is 9.18 Å². The maximum Gasteiger partial charge on any atom is 0.244 e. The number of aromatic amines is 1. The van der Waals surface area contributed by atoms with Crippen molar-refractivity contribution in [2.75, 3.05) is 13.7 Å². The van der Waals surface area contributed by atoms with Gasteiger partial charge in [0.05, 0.1) is 12.6 Å². The number of carbonyl (C=O) groups excluding carboxylic acids is 1. The molecule has 1 heterocycles. The molecule has 27 heavy (non-hydrogen) atoms. The molecule has 0 aliphatic heterocycles. The van der Waals surface area contributed by atoms with Gasteiger partial charge in [-0.1, -0.05) is 24.3 Å². The fourth-order valence-corrected chi connectivity index (χ4v) is 3.29. The van der Waals surface area contributed by atoms with Crippen molar-refractivity contribution in [1.82, 2.24) is 10.3 Å². The molecule has 1 amide bonds. The molecule has 0 saturated carbocycles. The predicted octanol–water partition coefficient (Wildman–Crippen LogP) is 4.30. The topological polar surface area (TPSA) is 54.1 Å². The number of ether oxygens (including phenoxy) is 1. The Hall–Kier alpha value is -3.08. The molecule has 3 rings (SSSR count). The summed E-state index contributed by atoms with van der Waals surface area (Å²) in [4.78, 5) is 15.2. The number of nitrogens with one attached hydrogen (secondary N) is 2. The van der Waals surface area contributed by atoms with Crippen molar-refractivity contribution in [2.24, 2.45) is 0 Å². The Labute approximate surface area is 158 Å². The highest BCUT2D eigenvalue weighted by Crippen LogP contribution is 2.27. The normalized spacial score (nSPS) is 11.3. The smallest absolute Gasteiger partial charge is 0.244 e. The highest BCUT2D eigenvalue weighted by molar-refractivity contribution is 5.92. The number of benzene rings is 2. The molecule has 0 spiro atoms. The molecule has 0 aliphatic rings. The average molecular weight is 366 g/mol. The number of para-hydroxylation sites is 1. The molecule has 0 aliphatic carbocycles. The van der Waals surface area contributed by atoms with Crippen LogP contribution >= 0.6 is 0 Å². The summed E-state index contributed by atoms with van der Waals surface area (Å²) in [6.45, 7) is 4.36. The quantitative estimate of drug-likeness (QED) is 0.639. The molecule has 140 valence electrons. The van der Waals surface area contributed by atoms with Gasteiger partial charge in [0.15, 0.2) is 0 Å². The second-order valence-electron chi connectivity index (χ2n) is 6.46. The van der Waals surface area contributed by atoms with E-state index in [1.165, 1.54) is 12.1 Å². The van der Waals surface area contributed by atoms with Gasteiger partial charge in [-0.25, -0.2) is 4.39 Å². The number of aromatic nitrogens is 1. The number of methoxy groups -OCH3 is 1. The van der Waals surface area contributed by atoms with E-state index >= 15 is 0 Å². The van der Waals surface area contributed by atoms with Gasteiger partial charge in [0.1, 0.15) is 11.6 Å². The Kier molecular flexibility index (Phi) is 5.60. The van der Waals surface area contributed by atoms with Crippen molar-refractivity contribution in [3.05, 3.63) is 70.7 Å². The van der Waals surface area contributed by atoms with Crippen LogP contribution in [-0.4, -0.2) is 24.5 Å². The van der Waals surface area contributed by atoms with Gasteiger partial charge in [-0.15, -0.1) is 0 Å². The number of aryl methyl sites for hydroxylation is 2. The molecule has 3 aromatic rings. The van der Waals surface area contributed by atoms with E-state index in [2.05, 4.69) is 10.3 Å². The van der Waals surface area contributed by atoms with Gasteiger partial charge >= 0.3 is 0 Å². The molecule has 0 radical (unpaired) electrons. The fraction of sp³-hybridized carbons (Fsp3) is 0.227. The van der Waals surface area contributed by atoms with E-state index in [1.807, 2.05) is 38.1 Å². The van der Waals surface area contributed by atoms with E-state index in [0.717, 1.165) is 27.8 Å². The van der Waals surface area contributed by atoms with Crippen LogP contribution in [0.5, 0.6) is 5.75 Å². The summed E-state index contributed by atoms with van der Waals surface area (Å²) in [6, 6.07) is 10.8. The standard InChI is InChI=1S/C22H23FN2O2/c1-14-8-10-18(23)22-21(14)17(15(2)25-22)12-13-24-20(26)11-9-16-6-4-5-7-19(16)27-3/h4-11,25H,12-13H2,1-3H3,(H,24,26)/b11-9+. The zero-order valence-electron chi connectivity index (χ0n) is 15.7. The van der Waals surface area contributed by atoms with Gasteiger partial charge in [0.2, 0.25) is 5.91 Å². The lowest BCUT2D eigenvalue weighted by molar-refractivity contribution is -0.116. The van der Waals surface area contributed by atoms with Crippen LogP contribution in [0.25, 0.3) is 17.0 Å². The second kappa shape index (κ2) is 8.08. The summed E-state index contributed by atoms with van der Waals surface area (Å²) >= 11 is 0. The number of fused-ring (bicyclic) bond motifs is 1. The number of hydrogen-bond donors (Lipinski definition) is 2. The van der Waals surface area contributed by atoms with Crippen LogP contribution in [-0.2, 0) is 11.2 Å². The number of halogens is 1. The van der Waals surface area contributed by atoms with Gasteiger partial charge in [-0.2, -0.15) is 0 Å². The number of amides is 1. The highest BCUT2D eigenvalue weighted by atomic mass is 19.1. The van der Waals surface area contributed by atoms with Crippen LogP contribution in [0.15, 0.2) is 42.5 Å². The summed E-state index contributed by atoms with van der Waals surface area (Å²) in [5.74, 6) is 0.281. The number of carbonyl (C=O) groups is 1. The molecule has 4 nitrogen and oxygen atoms in total. The molecule has 0 fully saturated rings. The van der Waals surface area contributed by atoms with Crippen LogP contribution in [0.1, 0.15) is 22.4 Å². The third-order valence-electron chi connectivity index (χ3n) is 4.66. The summed E-state index contributed by atoms with van der Waals surface area (Å²) < 4.78 is 19.3. The van der Waals surface area contributed by atoms with Crippen molar-refractivity contribution < 1.29 is 13.9 Å². The summed E-state index contributed by atoms with van der Waals surface area (Å²) in [7, 11) is 1.60. The monoisotopic (exact) mass is 366 g/mol. The van der Waals surface area contributed by atoms with Gasteiger partial charge in [0, 0.05) is 29.3 Å². The molecular formula is C22H23FN2O2. The lowest BCUT2D eigenvalue weighted by Crippen LogP contribution is -2.23. The maximum absolute atomic E-state index is 14.0. The fourth-order valence-electron chi connectivity index (χ4n) is 3.29. The zero-order chi connectivity index (χ0) is 19.4. The summed E-state index contributed by atoms with van der Waals surface area (Å²) in [5.41, 5.74) is 4.36. The zero-order valence-corrected chi connectivity index (χ0v) is 15.7. The third kappa shape index (κ3) is 4.03. The Bertz CT molecular complexity index is 1000. The minimum atomic E-state index is -0.256. The van der Waals surface area contributed by atoms with E-state index in [-0.39, 0.29) is 11.7 Å². The van der Waals surface area contributed by atoms with Gasteiger partial charge in [0.25, 0.3) is 0 Å². The average Bonchev–Trinajstić information content (AvgIpc) is 3.01. The first-order chi connectivity index (χ1) is 13.0. The summed E-state index contributed by atoms with van der Waals surface area (Å²) in [6.07, 6.45) is 3.85. The van der Waals surface area contributed by atoms with Gasteiger partial charge in [-0.3, -0.25) is 4.79 Å². The first-order valence-electron chi connectivity index (χ1n) is 8.86. The van der Waals surface area contributed by atoms with Crippen LogP contribution in [0, 0.1) is 19.7 Å². The highest BCUT2D eigenvalue weighted by Gasteiger charge is 2.13. The molecule has 2 aromatic carbocycles. The molecule has 0 saturated heterocycles. The number of hydrogen-bond acceptors (Lipinski definition) is 2.